The van der Waals surface area contributed by atoms with Crippen LogP contribution in [-0.2, 0) is 16.1 Å². The number of carbonyl (C=O) groups is 2. The monoisotopic (exact) mass is 467 g/mol. The Balaban J connectivity index is 1.42. The average Bonchev–Trinajstić information content (AvgIpc) is 2.85. The van der Waals surface area contributed by atoms with Gasteiger partial charge in [0.1, 0.15) is 11.6 Å². The van der Waals surface area contributed by atoms with Crippen molar-refractivity contribution in [3.05, 3.63) is 35.4 Å². The third-order valence-corrected chi connectivity index (χ3v) is 8.57. The van der Waals surface area contributed by atoms with E-state index in [1.807, 2.05) is 4.90 Å². The maximum absolute atomic E-state index is 13.7. The van der Waals surface area contributed by atoms with Crippen LogP contribution in [0.3, 0.4) is 0 Å². The van der Waals surface area contributed by atoms with Crippen LogP contribution in [0.4, 0.5) is 0 Å². The average molecular weight is 468 g/mol. The fourth-order valence-electron chi connectivity index (χ4n) is 6.28. The van der Waals surface area contributed by atoms with Crippen LogP contribution in [0.2, 0.25) is 0 Å². The highest BCUT2D eigenvalue weighted by molar-refractivity contribution is 6.00. The van der Waals surface area contributed by atoms with Gasteiger partial charge >= 0.3 is 0 Å². The molecule has 188 valence electrons. The molecule has 0 unspecified atom stereocenters. The number of unbranched alkanes of at least 4 members (excludes halogenated alkanes) is 1. The third kappa shape index (κ3) is 5.50. The van der Waals surface area contributed by atoms with E-state index in [0.29, 0.717) is 18.4 Å². The molecule has 5 heteroatoms. The number of piperidine rings is 1. The molecule has 2 saturated heterocycles. The molecule has 1 aliphatic carbocycles. The zero-order chi connectivity index (χ0) is 24.1. The summed E-state index contributed by atoms with van der Waals surface area (Å²) >= 11 is 0. The summed E-state index contributed by atoms with van der Waals surface area (Å²) in [7, 11) is 0. The molecule has 1 N–H and O–H groups in total. The summed E-state index contributed by atoms with van der Waals surface area (Å²) in [5.74, 6) is 1.40. The van der Waals surface area contributed by atoms with E-state index in [1.54, 1.807) is 0 Å². The molecule has 3 fully saturated rings. The second kappa shape index (κ2) is 11.2. The lowest BCUT2D eigenvalue weighted by Crippen LogP contribution is -2.73. The predicted molar refractivity (Wildman–Crippen MR) is 138 cm³/mol. The molecule has 4 rings (SSSR count). The van der Waals surface area contributed by atoms with Crippen LogP contribution >= 0.6 is 0 Å². The Morgan fingerprint density at radius 2 is 1.71 bits per heavy atom. The lowest BCUT2D eigenvalue weighted by Gasteiger charge is -2.52. The van der Waals surface area contributed by atoms with Gasteiger partial charge < -0.3 is 10.2 Å². The van der Waals surface area contributed by atoms with Crippen LogP contribution in [0.5, 0.6) is 0 Å². The minimum absolute atomic E-state index is 0.102. The van der Waals surface area contributed by atoms with Crippen LogP contribution in [0.25, 0.3) is 0 Å². The Bertz CT molecular complexity index is 820. The molecule has 2 amide bonds. The van der Waals surface area contributed by atoms with Crippen LogP contribution in [0.1, 0.15) is 102 Å². The number of carbonyl (C=O) groups excluding carboxylic acids is 2. The van der Waals surface area contributed by atoms with Crippen molar-refractivity contribution in [2.45, 2.75) is 109 Å². The molecule has 1 saturated carbocycles. The van der Waals surface area contributed by atoms with Crippen LogP contribution in [-0.4, -0.2) is 52.8 Å². The van der Waals surface area contributed by atoms with Gasteiger partial charge in [-0.1, -0.05) is 83.6 Å². The highest BCUT2D eigenvalue weighted by atomic mass is 16.2. The summed E-state index contributed by atoms with van der Waals surface area (Å²) in [6, 6.07) is 8.62. The highest BCUT2D eigenvalue weighted by Gasteiger charge is 2.53. The van der Waals surface area contributed by atoms with E-state index in [4.69, 9.17) is 0 Å². The molecule has 1 atom stereocenters. The molecule has 1 aromatic rings. The molecule has 3 aliphatic rings. The second-order valence-corrected chi connectivity index (χ2v) is 11.3. The Morgan fingerprint density at radius 3 is 2.32 bits per heavy atom. The van der Waals surface area contributed by atoms with Gasteiger partial charge in [-0.15, -0.1) is 0 Å². The number of benzene rings is 1. The Morgan fingerprint density at radius 1 is 1.03 bits per heavy atom. The SMILES string of the molecule is CCCCN1C(=O)[C@H](CC2CCCCC2)NC(=O)C12CCN(Cc1ccc(C(C)C)cc1)CC2. The van der Waals surface area contributed by atoms with E-state index < -0.39 is 5.54 Å². The maximum Gasteiger partial charge on any atom is 0.246 e. The second-order valence-electron chi connectivity index (χ2n) is 11.3. The van der Waals surface area contributed by atoms with Crippen LogP contribution in [0.15, 0.2) is 24.3 Å². The van der Waals surface area contributed by atoms with Gasteiger partial charge in [0.2, 0.25) is 11.8 Å². The molecular formula is C29H45N3O2. The molecule has 0 aromatic heterocycles. The molecule has 0 bridgehead atoms. The van der Waals surface area contributed by atoms with Crippen molar-refractivity contribution in [3.8, 4) is 0 Å². The molecule has 2 heterocycles. The summed E-state index contributed by atoms with van der Waals surface area (Å²) in [5, 5.41) is 3.21. The summed E-state index contributed by atoms with van der Waals surface area (Å²) in [4.78, 5) is 31.7. The number of rotatable bonds is 8. The minimum Gasteiger partial charge on any atom is -0.342 e. The first kappa shape index (κ1) is 25.2. The van der Waals surface area contributed by atoms with Gasteiger partial charge in [0.05, 0.1) is 0 Å². The molecule has 5 nitrogen and oxygen atoms in total. The number of nitrogens with one attached hydrogen (secondary N) is 1. The molecule has 2 aliphatic heterocycles. The summed E-state index contributed by atoms with van der Waals surface area (Å²) in [6.45, 7) is 9.92. The lowest BCUT2D eigenvalue weighted by atomic mass is 9.79. The van der Waals surface area contributed by atoms with E-state index in [0.717, 1.165) is 51.7 Å². The Kier molecular flexibility index (Phi) is 8.34. The summed E-state index contributed by atoms with van der Waals surface area (Å²) < 4.78 is 0. The zero-order valence-electron chi connectivity index (χ0n) is 21.7. The maximum atomic E-state index is 13.7. The highest BCUT2D eigenvalue weighted by Crippen LogP contribution is 2.36. The fourth-order valence-corrected chi connectivity index (χ4v) is 6.28. The topological polar surface area (TPSA) is 52.7 Å². The minimum atomic E-state index is -0.659. The van der Waals surface area contributed by atoms with Crippen molar-refractivity contribution >= 4 is 11.8 Å². The normalized spacial score (nSPS) is 24.1. The lowest BCUT2D eigenvalue weighted by molar-refractivity contribution is -0.162. The summed E-state index contributed by atoms with van der Waals surface area (Å²) in [5.41, 5.74) is 2.03. The number of likely N-dealkylation sites (tertiary alicyclic amines) is 1. The molecule has 1 aromatic carbocycles. The number of hydrogen-bond acceptors (Lipinski definition) is 3. The van der Waals surface area contributed by atoms with Crippen molar-refractivity contribution in [2.24, 2.45) is 5.92 Å². The smallest absolute Gasteiger partial charge is 0.246 e. The van der Waals surface area contributed by atoms with Crippen molar-refractivity contribution in [3.63, 3.8) is 0 Å². The van der Waals surface area contributed by atoms with Crippen molar-refractivity contribution in [2.75, 3.05) is 19.6 Å². The molecular weight excluding hydrogens is 422 g/mol. The number of amides is 2. The van der Waals surface area contributed by atoms with E-state index in [9.17, 15) is 9.59 Å². The van der Waals surface area contributed by atoms with Gasteiger partial charge in [-0.3, -0.25) is 14.5 Å². The third-order valence-electron chi connectivity index (χ3n) is 8.57. The number of piperazine rings is 1. The first-order valence-corrected chi connectivity index (χ1v) is 13.9. The first-order chi connectivity index (χ1) is 16.4. The van der Waals surface area contributed by atoms with Crippen molar-refractivity contribution < 1.29 is 9.59 Å². The fraction of sp³-hybridized carbons (Fsp3) is 0.724. The number of nitrogens with zero attached hydrogens (tertiary/aromatic N) is 2. The molecule has 34 heavy (non-hydrogen) atoms. The van der Waals surface area contributed by atoms with Crippen LogP contribution in [0, 0.1) is 5.92 Å². The van der Waals surface area contributed by atoms with Crippen LogP contribution < -0.4 is 5.32 Å². The van der Waals surface area contributed by atoms with Gasteiger partial charge in [0, 0.05) is 26.2 Å². The Hall–Kier alpha value is -1.88. The van der Waals surface area contributed by atoms with Gasteiger partial charge in [-0.25, -0.2) is 0 Å². The largest absolute Gasteiger partial charge is 0.342 e. The van der Waals surface area contributed by atoms with E-state index >= 15 is 0 Å². The van der Waals surface area contributed by atoms with Gasteiger partial charge in [-0.2, -0.15) is 0 Å². The molecule has 1 spiro atoms. The number of hydrogen-bond donors (Lipinski definition) is 1. The van der Waals surface area contributed by atoms with Crippen molar-refractivity contribution in [1.82, 2.24) is 15.1 Å². The zero-order valence-corrected chi connectivity index (χ0v) is 21.7. The first-order valence-electron chi connectivity index (χ1n) is 13.9. The summed E-state index contributed by atoms with van der Waals surface area (Å²) in [6.07, 6.45) is 10.5. The van der Waals surface area contributed by atoms with Gasteiger partial charge in [-0.05, 0) is 48.6 Å². The Labute approximate surface area is 206 Å². The predicted octanol–water partition coefficient (Wildman–Crippen LogP) is 5.24. The van der Waals surface area contributed by atoms with E-state index in [2.05, 4.69) is 55.3 Å². The van der Waals surface area contributed by atoms with Crippen molar-refractivity contribution in [1.29, 1.82) is 0 Å². The van der Waals surface area contributed by atoms with E-state index in [-0.39, 0.29) is 17.9 Å². The van der Waals surface area contributed by atoms with Gasteiger partial charge in [0.15, 0.2) is 0 Å². The quantitative estimate of drug-likeness (QED) is 0.569. The standard InChI is InChI=1S/C29H45N3O2/c1-4-5-17-32-27(33)26(20-23-9-7-6-8-10-23)30-28(34)29(32)15-18-31(19-16-29)21-24-11-13-25(14-12-24)22(2)3/h11-14,22-23,26H,4-10,15-21H2,1-3H3,(H,30,34)/t26-/m0/s1. The van der Waals surface area contributed by atoms with Gasteiger partial charge in [0.25, 0.3) is 0 Å². The van der Waals surface area contributed by atoms with E-state index in [1.165, 1.54) is 43.2 Å². The molecule has 0 radical (unpaired) electrons.